The molecule has 0 spiro atoms. The van der Waals surface area contributed by atoms with E-state index in [4.69, 9.17) is 49.8 Å². The van der Waals surface area contributed by atoms with Gasteiger partial charge in [-0.1, -0.05) is 40.9 Å². The highest BCUT2D eigenvalue weighted by molar-refractivity contribution is 6.63. The van der Waals surface area contributed by atoms with Crippen LogP contribution in [0.25, 0.3) is 0 Å². The second-order valence-electron chi connectivity index (χ2n) is 0.938. The van der Waals surface area contributed by atoms with Crippen molar-refractivity contribution in [2.45, 2.75) is 11.2 Å². The highest BCUT2D eigenvalue weighted by Gasteiger charge is 1.78. The van der Waals surface area contributed by atoms with Gasteiger partial charge in [0.15, 0.2) is 4.30 Å². The molecular weight excluding hydrogens is 214 g/mol. The Kier molecular flexibility index (Phi) is 25.6. The molecule has 0 bridgehead atoms. The first-order valence-corrected chi connectivity index (χ1v) is 3.60. The zero-order chi connectivity index (χ0) is 9.86. The molecule has 3 nitrogen and oxygen atoms in total. The fourth-order valence-electron chi connectivity index (χ4n) is 0. The first-order chi connectivity index (χ1) is 4.88. The van der Waals surface area contributed by atoms with Gasteiger partial charge >= 0.3 is 6.16 Å². The smallest absolute Gasteiger partial charge is 0.450 e. The molecule has 0 atom stereocenters. The monoisotopic (exact) mass is 222 g/mol. The summed E-state index contributed by atoms with van der Waals surface area (Å²) in [7, 11) is 0. The van der Waals surface area contributed by atoms with Gasteiger partial charge in [-0.3, -0.25) is 0 Å². The van der Waals surface area contributed by atoms with Crippen LogP contribution in [-0.2, 0) is 0 Å². The summed E-state index contributed by atoms with van der Waals surface area (Å²) in [5.74, 6) is 0. The number of halogens is 3. The van der Waals surface area contributed by atoms with Gasteiger partial charge in [-0.05, 0) is 6.92 Å². The van der Waals surface area contributed by atoms with Crippen molar-refractivity contribution in [1.29, 1.82) is 0 Å². The number of hydrogen-bond donors (Lipinski definition) is 2. The Morgan fingerprint density at radius 2 is 1.45 bits per heavy atom. The molecule has 2 N–H and O–H groups in total. The molecule has 0 aliphatic heterocycles. The molecule has 0 aliphatic carbocycles. The largest absolute Gasteiger partial charge is 0.503 e. The second-order valence-corrected chi connectivity index (χ2v) is 2.92. The van der Waals surface area contributed by atoms with Crippen LogP contribution in [0.3, 0.4) is 0 Å². The van der Waals surface area contributed by atoms with Crippen LogP contribution in [0.5, 0.6) is 0 Å². The quantitative estimate of drug-likeness (QED) is 0.489. The molecule has 0 amide bonds. The molecule has 0 fully saturated rings. The average Bonchev–Trinajstić information content (AvgIpc) is 1.60. The molecule has 0 unspecified atom stereocenters. The maximum Gasteiger partial charge on any atom is 0.503 e. The van der Waals surface area contributed by atoms with E-state index in [9.17, 15) is 0 Å². The summed E-state index contributed by atoms with van der Waals surface area (Å²) < 4.78 is -0.750. The van der Waals surface area contributed by atoms with Crippen LogP contribution >= 0.6 is 34.8 Å². The van der Waals surface area contributed by atoms with Gasteiger partial charge in [0, 0.05) is 0 Å². The van der Waals surface area contributed by atoms with E-state index in [1.165, 1.54) is 0 Å². The predicted molar refractivity (Wildman–Crippen MR) is 47.9 cm³/mol. The summed E-state index contributed by atoms with van der Waals surface area (Å²) in [5.41, 5.74) is 0. The minimum atomic E-state index is -1.83. The zero-order valence-electron chi connectivity index (χ0n) is 5.80. The van der Waals surface area contributed by atoms with E-state index in [-0.39, 0.29) is 0 Å². The highest BCUT2D eigenvalue weighted by Crippen LogP contribution is 2.03. The Bertz CT molecular complexity index is 88.2. The number of carboxylic acid groups (broad SMARTS) is 2. The summed E-state index contributed by atoms with van der Waals surface area (Å²) in [4.78, 5) is 8.56. The van der Waals surface area contributed by atoms with E-state index in [1.807, 2.05) is 6.92 Å². The van der Waals surface area contributed by atoms with Crippen molar-refractivity contribution < 1.29 is 15.0 Å². The van der Waals surface area contributed by atoms with Crippen LogP contribution < -0.4 is 0 Å². The maximum absolute atomic E-state index is 8.56. The number of hydrogen-bond acceptors (Lipinski definition) is 1. The van der Waals surface area contributed by atoms with Gasteiger partial charge in [-0.2, -0.15) is 0 Å². The van der Waals surface area contributed by atoms with Gasteiger partial charge in [0.2, 0.25) is 0 Å². The van der Waals surface area contributed by atoms with Crippen molar-refractivity contribution in [2.24, 2.45) is 0 Å². The molecular formula is C5H9Cl3O3. The van der Waals surface area contributed by atoms with E-state index in [1.54, 1.807) is 6.08 Å². The Hall–Kier alpha value is -0.120. The minimum absolute atomic E-state index is 0.750. The lowest BCUT2D eigenvalue weighted by Crippen LogP contribution is -1.81. The van der Waals surface area contributed by atoms with Crippen molar-refractivity contribution in [3.05, 3.63) is 12.7 Å². The van der Waals surface area contributed by atoms with Crippen molar-refractivity contribution in [3.8, 4) is 0 Å². The number of allylic oxidation sites excluding steroid dienone is 1. The van der Waals surface area contributed by atoms with Gasteiger partial charge in [0.1, 0.15) is 0 Å². The Morgan fingerprint density at radius 1 is 1.45 bits per heavy atom. The molecule has 0 radical (unpaired) electrons. The van der Waals surface area contributed by atoms with Crippen LogP contribution in [0.2, 0.25) is 0 Å². The number of alkyl halides is 3. The predicted octanol–water partition coefficient (Wildman–Crippen LogP) is 3.40. The third kappa shape index (κ3) is 42600. The summed E-state index contributed by atoms with van der Waals surface area (Å²) in [6.45, 7) is 5.25. The molecule has 0 rings (SSSR count). The third-order valence-electron chi connectivity index (χ3n) is 0. The van der Waals surface area contributed by atoms with E-state index in [0.29, 0.717) is 0 Å². The summed E-state index contributed by atoms with van der Waals surface area (Å²) >= 11 is 14.4. The van der Waals surface area contributed by atoms with Crippen LogP contribution in [0.15, 0.2) is 12.7 Å². The van der Waals surface area contributed by atoms with E-state index < -0.39 is 10.5 Å². The van der Waals surface area contributed by atoms with Crippen LogP contribution in [0.4, 0.5) is 4.79 Å². The van der Waals surface area contributed by atoms with E-state index >= 15 is 0 Å². The van der Waals surface area contributed by atoms with Gasteiger partial charge in [0.05, 0.1) is 0 Å². The molecule has 0 aromatic rings. The fraction of sp³-hybridized carbons (Fsp3) is 0.400. The van der Waals surface area contributed by atoms with Gasteiger partial charge in [-0.25, -0.2) is 4.79 Å². The maximum atomic E-state index is 8.56. The van der Waals surface area contributed by atoms with Crippen molar-refractivity contribution >= 4 is 41.0 Å². The number of carbonyl (C=O) groups is 1. The van der Waals surface area contributed by atoms with Gasteiger partial charge in [-0.15, -0.1) is 6.58 Å². The molecule has 11 heavy (non-hydrogen) atoms. The van der Waals surface area contributed by atoms with E-state index in [2.05, 4.69) is 6.58 Å². The molecule has 0 saturated heterocycles. The Labute approximate surface area is 80.2 Å². The minimum Gasteiger partial charge on any atom is -0.450 e. The fourth-order valence-corrected chi connectivity index (χ4v) is 0. The molecule has 0 saturated carbocycles. The third-order valence-corrected chi connectivity index (χ3v) is 0. The summed E-state index contributed by atoms with van der Waals surface area (Å²) in [6, 6.07) is 0. The first kappa shape index (κ1) is 17.1. The van der Waals surface area contributed by atoms with E-state index in [0.717, 1.165) is 0 Å². The molecule has 0 aromatic heterocycles. The molecule has 0 heterocycles. The van der Waals surface area contributed by atoms with Crippen LogP contribution in [-0.4, -0.2) is 20.7 Å². The van der Waals surface area contributed by atoms with Crippen molar-refractivity contribution in [3.63, 3.8) is 0 Å². The zero-order valence-corrected chi connectivity index (χ0v) is 8.07. The highest BCUT2D eigenvalue weighted by atomic mass is 35.6. The lowest BCUT2D eigenvalue weighted by atomic mass is 10.8. The SMILES string of the molecule is C=CC.ClC(Cl)Cl.O=C(O)O. The van der Waals surface area contributed by atoms with Crippen LogP contribution in [0, 0.1) is 0 Å². The van der Waals surface area contributed by atoms with Gasteiger partial charge < -0.3 is 10.2 Å². The molecule has 68 valence electrons. The topological polar surface area (TPSA) is 57.5 Å². The molecule has 0 aromatic carbocycles. The van der Waals surface area contributed by atoms with Crippen LogP contribution in [0.1, 0.15) is 6.92 Å². The Balaban J connectivity index is -0.0000000886. The first-order valence-electron chi connectivity index (χ1n) is 2.29. The summed E-state index contributed by atoms with van der Waals surface area (Å²) in [6.07, 6.45) is -0.0833. The number of rotatable bonds is 0. The van der Waals surface area contributed by atoms with Gasteiger partial charge in [0.25, 0.3) is 0 Å². The standard InChI is InChI=1S/C3H6.CHCl3.CH2O3/c1-3-2;2*2-1(3)4/h3H,1H2,2H3;1H;(H2,2,3,4). The molecule has 0 aliphatic rings. The normalized spacial score (nSPS) is 6.64. The molecule has 6 heteroatoms. The summed E-state index contributed by atoms with van der Waals surface area (Å²) in [5, 5.41) is 13.9. The van der Waals surface area contributed by atoms with Crippen molar-refractivity contribution in [2.75, 3.05) is 0 Å². The Morgan fingerprint density at radius 3 is 1.45 bits per heavy atom. The van der Waals surface area contributed by atoms with Crippen molar-refractivity contribution in [1.82, 2.24) is 0 Å². The average molecular weight is 223 g/mol. The lowest BCUT2D eigenvalue weighted by molar-refractivity contribution is 0.137. The lowest BCUT2D eigenvalue weighted by Gasteiger charge is -1.69. The second kappa shape index (κ2) is 16.5.